The molecule has 0 aliphatic rings. The van der Waals surface area contributed by atoms with Crippen LogP contribution in [-0.4, -0.2) is 48.1 Å². The van der Waals surface area contributed by atoms with Crippen LogP contribution in [0.2, 0.25) is 20.1 Å². The van der Waals surface area contributed by atoms with Crippen molar-refractivity contribution in [2.75, 3.05) is 37.2 Å². The highest BCUT2D eigenvalue weighted by atomic mass is 35.5. The molecule has 0 aliphatic heterocycles. The van der Waals surface area contributed by atoms with Crippen LogP contribution in [0.25, 0.3) is 0 Å². The van der Waals surface area contributed by atoms with Crippen molar-refractivity contribution < 1.29 is 38.7 Å². The second-order valence-corrected chi connectivity index (χ2v) is 12.6. The zero-order chi connectivity index (χ0) is 39.2. The molecule has 0 radical (unpaired) electrons. The Morgan fingerprint density at radius 2 is 1.06 bits per heavy atom. The van der Waals surface area contributed by atoms with Gasteiger partial charge in [0.2, 0.25) is 0 Å². The number of nitrogens with two attached hydrogens (primary N) is 4. The maximum Gasteiger partial charge on any atom is 0.349 e. The third kappa shape index (κ3) is 13.9. The van der Waals surface area contributed by atoms with E-state index in [1.807, 2.05) is 0 Å². The summed E-state index contributed by atoms with van der Waals surface area (Å²) in [6, 6.07) is 16.6. The summed E-state index contributed by atoms with van der Waals surface area (Å²) < 4.78 is 19.9. The minimum atomic E-state index is -0.995. The molecule has 12 nitrogen and oxygen atoms in total. The van der Waals surface area contributed by atoms with Crippen molar-refractivity contribution in [2.24, 2.45) is 0 Å². The van der Waals surface area contributed by atoms with E-state index < -0.39 is 23.6 Å². The van der Waals surface area contributed by atoms with Gasteiger partial charge in [-0.25, -0.2) is 9.59 Å². The van der Waals surface area contributed by atoms with E-state index in [4.69, 9.17) is 78.8 Å². The predicted octanol–water partition coefficient (Wildman–Crippen LogP) is 7.99. The summed E-state index contributed by atoms with van der Waals surface area (Å²) in [6.07, 6.45) is -0.608. The molecular formula is C35H42Cl4N4O8. The second-order valence-electron chi connectivity index (χ2n) is 11.0. The SMILES string of the molecule is COC(=O)C(C)(C)Oc1ccc(N)cc1.COC(=O)C(C)Oc1ccc(N)cc1.Cc1c(Cl)cc(N)c(O)c1Cl.Cc1c(Cl)cc(N)c(O)c1Cl. The molecule has 0 fully saturated rings. The first-order valence-corrected chi connectivity index (χ1v) is 16.3. The van der Waals surface area contributed by atoms with Crippen LogP contribution < -0.4 is 32.4 Å². The molecule has 0 saturated carbocycles. The molecule has 4 rings (SSSR count). The fourth-order valence-corrected chi connectivity index (χ4v) is 4.47. The number of ether oxygens (including phenoxy) is 4. The number of benzene rings is 4. The minimum Gasteiger partial charge on any atom is -0.504 e. The van der Waals surface area contributed by atoms with E-state index >= 15 is 0 Å². The number of phenols is 2. The molecule has 4 aromatic rings. The number of methoxy groups -OCH3 is 2. The molecule has 0 aliphatic carbocycles. The average molecular weight is 789 g/mol. The lowest BCUT2D eigenvalue weighted by Crippen LogP contribution is -2.39. The smallest absolute Gasteiger partial charge is 0.349 e. The van der Waals surface area contributed by atoms with Crippen LogP contribution in [0.1, 0.15) is 31.9 Å². The van der Waals surface area contributed by atoms with Crippen molar-refractivity contribution in [2.45, 2.75) is 46.3 Å². The Kier molecular flexibility index (Phi) is 17.7. The van der Waals surface area contributed by atoms with Gasteiger partial charge >= 0.3 is 11.9 Å². The predicted molar refractivity (Wildman–Crippen MR) is 205 cm³/mol. The lowest BCUT2D eigenvalue weighted by atomic mass is 10.1. The molecule has 10 N–H and O–H groups in total. The summed E-state index contributed by atoms with van der Waals surface area (Å²) in [5.41, 5.74) is 23.8. The molecule has 278 valence electrons. The Morgan fingerprint density at radius 1 is 0.686 bits per heavy atom. The fourth-order valence-electron chi connectivity index (χ4n) is 3.53. The number of rotatable bonds is 6. The Hall–Kier alpha value is -4.62. The molecule has 16 heteroatoms. The van der Waals surface area contributed by atoms with Crippen LogP contribution in [0.15, 0.2) is 60.7 Å². The fraction of sp³-hybridized carbons (Fsp3) is 0.257. The Labute approximate surface area is 317 Å². The summed E-state index contributed by atoms with van der Waals surface area (Å²) in [7, 11) is 2.65. The summed E-state index contributed by atoms with van der Waals surface area (Å²) in [5.74, 6) is 0.153. The van der Waals surface area contributed by atoms with Crippen molar-refractivity contribution in [1.29, 1.82) is 0 Å². The summed E-state index contributed by atoms with van der Waals surface area (Å²) in [4.78, 5) is 22.3. The van der Waals surface area contributed by atoms with E-state index in [0.29, 0.717) is 44.0 Å². The molecule has 0 amide bonds. The van der Waals surface area contributed by atoms with Gasteiger partial charge in [0.05, 0.1) is 35.6 Å². The lowest BCUT2D eigenvalue weighted by Gasteiger charge is -2.23. The molecule has 0 aromatic heterocycles. The Bertz CT molecular complexity index is 1660. The van der Waals surface area contributed by atoms with Gasteiger partial charge in [0.15, 0.2) is 23.2 Å². The molecule has 4 aromatic carbocycles. The highest BCUT2D eigenvalue weighted by molar-refractivity contribution is 6.38. The molecule has 1 unspecified atom stereocenters. The normalized spacial score (nSPS) is 10.8. The van der Waals surface area contributed by atoms with Crippen molar-refractivity contribution in [3.63, 3.8) is 0 Å². The number of anilines is 4. The van der Waals surface area contributed by atoms with E-state index in [2.05, 4.69) is 9.47 Å². The maximum atomic E-state index is 11.3. The van der Waals surface area contributed by atoms with Gasteiger partial charge in [0.25, 0.3) is 0 Å². The van der Waals surface area contributed by atoms with E-state index in [1.165, 1.54) is 26.4 Å². The van der Waals surface area contributed by atoms with E-state index in [1.54, 1.807) is 83.1 Å². The third-order valence-corrected chi connectivity index (χ3v) is 8.27. The number of carbonyl (C=O) groups is 2. The van der Waals surface area contributed by atoms with Crippen molar-refractivity contribution in [1.82, 2.24) is 0 Å². The van der Waals surface area contributed by atoms with E-state index in [9.17, 15) is 19.8 Å². The van der Waals surface area contributed by atoms with Gasteiger partial charge in [0, 0.05) is 21.4 Å². The first-order chi connectivity index (χ1) is 23.7. The van der Waals surface area contributed by atoms with Crippen LogP contribution >= 0.6 is 46.4 Å². The number of hydrogen-bond acceptors (Lipinski definition) is 12. The van der Waals surface area contributed by atoms with Crippen LogP contribution in [0, 0.1) is 13.8 Å². The van der Waals surface area contributed by atoms with Crippen LogP contribution in [-0.2, 0) is 19.1 Å². The zero-order valence-corrected chi connectivity index (χ0v) is 32.0. The number of carbonyl (C=O) groups excluding carboxylic acids is 2. The second kappa shape index (κ2) is 20.3. The first-order valence-electron chi connectivity index (χ1n) is 14.8. The summed E-state index contributed by atoms with van der Waals surface area (Å²) >= 11 is 22.8. The van der Waals surface area contributed by atoms with E-state index in [-0.39, 0.29) is 32.9 Å². The lowest BCUT2D eigenvalue weighted by molar-refractivity contribution is -0.156. The zero-order valence-electron chi connectivity index (χ0n) is 29.0. The van der Waals surface area contributed by atoms with E-state index in [0.717, 1.165) is 0 Å². The quantitative estimate of drug-likeness (QED) is 0.0623. The monoisotopic (exact) mass is 786 g/mol. The number of esters is 2. The van der Waals surface area contributed by atoms with Crippen LogP contribution in [0.5, 0.6) is 23.0 Å². The average Bonchev–Trinajstić information content (AvgIpc) is 3.10. The van der Waals surface area contributed by atoms with Crippen molar-refractivity contribution >= 4 is 81.1 Å². The molecule has 51 heavy (non-hydrogen) atoms. The van der Waals surface area contributed by atoms with Gasteiger partial charge < -0.3 is 52.1 Å². The Morgan fingerprint density at radius 3 is 1.41 bits per heavy atom. The largest absolute Gasteiger partial charge is 0.504 e. The van der Waals surface area contributed by atoms with Gasteiger partial charge in [-0.2, -0.15) is 0 Å². The molecule has 0 heterocycles. The molecule has 1 atom stereocenters. The number of halogens is 4. The summed E-state index contributed by atoms with van der Waals surface area (Å²) in [5, 5.41) is 19.8. The standard InChI is InChI=1S/C11H15NO3.C10H13NO3.2C7H7Cl2NO/c1-11(2,10(13)14-3)15-9-6-4-8(12)5-7-9;1-7(10(12)13-2)14-9-5-3-8(11)4-6-9;2*1-3-4(8)2-5(10)7(11)6(3)9/h4-7H,12H2,1-3H3;3-7H,11H2,1-2H3;2*2,11H,10H2,1H3. The molecular weight excluding hydrogens is 746 g/mol. The van der Waals surface area contributed by atoms with Gasteiger partial charge in [0.1, 0.15) is 11.5 Å². The van der Waals surface area contributed by atoms with Crippen LogP contribution in [0.4, 0.5) is 22.7 Å². The molecule has 0 saturated heterocycles. The summed E-state index contributed by atoms with van der Waals surface area (Å²) in [6.45, 7) is 8.35. The van der Waals surface area contributed by atoms with Gasteiger partial charge in [-0.3, -0.25) is 0 Å². The van der Waals surface area contributed by atoms with Crippen molar-refractivity contribution in [3.05, 3.63) is 91.9 Å². The number of phenolic OH excluding ortho intramolecular Hbond substituents is 2. The van der Waals surface area contributed by atoms with Gasteiger partial charge in [-0.15, -0.1) is 0 Å². The topological polar surface area (TPSA) is 216 Å². The molecule has 0 spiro atoms. The minimum absolute atomic E-state index is 0.103. The number of hydrogen-bond donors (Lipinski definition) is 6. The third-order valence-electron chi connectivity index (χ3n) is 6.56. The maximum absolute atomic E-state index is 11.3. The van der Waals surface area contributed by atoms with Crippen molar-refractivity contribution in [3.8, 4) is 23.0 Å². The highest BCUT2D eigenvalue weighted by Crippen LogP contribution is 2.37. The number of aromatic hydroxyl groups is 2. The molecule has 0 bridgehead atoms. The van der Waals surface area contributed by atoms with Crippen LogP contribution in [0.3, 0.4) is 0 Å². The van der Waals surface area contributed by atoms with Gasteiger partial charge in [-0.05, 0) is 106 Å². The van der Waals surface area contributed by atoms with Gasteiger partial charge in [-0.1, -0.05) is 46.4 Å². The number of nitrogen functional groups attached to an aromatic ring is 4. The Balaban J connectivity index is 0.000000343. The first kappa shape index (κ1) is 44.4. The highest BCUT2D eigenvalue weighted by Gasteiger charge is 2.31.